The number of rotatable bonds is 7. The number of imide groups is 1. The Morgan fingerprint density at radius 2 is 1.04 bits per heavy atom. The lowest BCUT2D eigenvalue weighted by atomic mass is 10.0. The third-order valence-electron chi connectivity index (χ3n) is 8.02. The number of carbonyl (C=O) groups is 4. The molecular formula is C40H27N3O4. The van der Waals surface area contributed by atoms with E-state index in [-0.39, 0.29) is 22.6 Å². The van der Waals surface area contributed by atoms with Gasteiger partial charge in [-0.25, -0.2) is 4.90 Å². The molecule has 6 aromatic rings. The van der Waals surface area contributed by atoms with E-state index in [1.54, 1.807) is 24.3 Å². The Bertz CT molecular complexity index is 2160. The van der Waals surface area contributed by atoms with Crippen LogP contribution in [0.2, 0.25) is 0 Å². The first-order valence-electron chi connectivity index (χ1n) is 15.0. The Balaban J connectivity index is 1.06. The van der Waals surface area contributed by atoms with Crippen LogP contribution in [0.1, 0.15) is 41.4 Å². The van der Waals surface area contributed by atoms with Gasteiger partial charge in [-0.3, -0.25) is 19.2 Å². The van der Waals surface area contributed by atoms with Crippen molar-refractivity contribution in [2.45, 2.75) is 0 Å². The quantitative estimate of drug-likeness (QED) is 0.177. The molecule has 0 aromatic heterocycles. The van der Waals surface area contributed by atoms with E-state index in [0.717, 1.165) is 27.2 Å². The normalized spacial score (nSPS) is 12.0. The van der Waals surface area contributed by atoms with E-state index in [1.165, 1.54) is 18.2 Å². The fourth-order valence-electron chi connectivity index (χ4n) is 5.64. The van der Waals surface area contributed by atoms with Crippen molar-refractivity contribution in [1.29, 1.82) is 0 Å². The van der Waals surface area contributed by atoms with Gasteiger partial charge in [0.2, 0.25) is 0 Å². The second kappa shape index (κ2) is 12.4. The molecule has 0 saturated heterocycles. The molecule has 0 bridgehead atoms. The van der Waals surface area contributed by atoms with Crippen molar-refractivity contribution in [3.8, 4) is 22.3 Å². The lowest BCUT2D eigenvalue weighted by Crippen LogP contribution is -2.29. The molecule has 7 nitrogen and oxygen atoms in total. The molecule has 7 heteroatoms. The average molecular weight is 614 g/mol. The van der Waals surface area contributed by atoms with Gasteiger partial charge in [-0.2, -0.15) is 0 Å². The number of nitrogens with zero attached hydrogens (tertiary/aromatic N) is 1. The van der Waals surface area contributed by atoms with Crippen LogP contribution in [0.3, 0.4) is 0 Å². The van der Waals surface area contributed by atoms with Crippen LogP contribution in [-0.4, -0.2) is 23.6 Å². The zero-order chi connectivity index (χ0) is 32.3. The van der Waals surface area contributed by atoms with Crippen molar-refractivity contribution >= 4 is 40.7 Å². The van der Waals surface area contributed by atoms with Gasteiger partial charge in [-0.15, -0.1) is 0 Å². The highest BCUT2D eigenvalue weighted by Crippen LogP contribution is 2.31. The van der Waals surface area contributed by atoms with Crippen LogP contribution >= 0.6 is 0 Å². The lowest BCUT2D eigenvalue weighted by molar-refractivity contribution is 0.0924. The maximum absolute atomic E-state index is 13.5. The fraction of sp³-hybridized carbons (Fsp3) is 0. The molecule has 2 N–H and O–H groups in total. The van der Waals surface area contributed by atoms with Crippen molar-refractivity contribution in [2.24, 2.45) is 0 Å². The Labute approximate surface area is 271 Å². The summed E-state index contributed by atoms with van der Waals surface area (Å²) in [4.78, 5) is 54.2. The van der Waals surface area contributed by atoms with Gasteiger partial charge >= 0.3 is 0 Å². The molecule has 1 aliphatic heterocycles. The number of benzene rings is 6. The standard InChI is InChI=1S/C40H27N3O4/c44-37(41-31-15-9-14-29(24-31)26-10-3-1-4-11-26)28-18-21-32(22-19-28)43-39(46)34-23-20-30(25-35(34)40(43)47)38(45)42-36-17-8-7-16-33(36)27-12-5-2-6-13-27/h1-25H,(H,41,44)(H,42,45). The molecule has 0 fully saturated rings. The van der Waals surface area contributed by atoms with Gasteiger partial charge in [0.15, 0.2) is 0 Å². The maximum atomic E-state index is 13.5. The largest absolute Gasteiger partial charge is 0.322 e. The van der Waals surface area contributed by atoms with Gasteiger partial charge in [0, 0.05) is 28.1 Å². The smallest absolute Gasteiger partial charge is 0.266 e. The number of para-hydroxylation sites is 1. The Hall–Kier alpha value is -6.60. The predicted molar refractivity (Wildman–Crippen MR) is 184 cm³/mol. The number of anilines is 3. The van der Waals surface area contributed by atoms with Gasteiger partial charge < -0.3 is 10.6 Å². The Morgan fingerprint density at radius 3 is 1.79 bits per heavy atom. The van der Waals surface area contributed by atoms with Gasteiger partial charge in [-0.05, 0) is 77.4 Å². The number of fused-ring (bicyclic) bond motifs is 1. The predicted octanol–water partition coefficient (Wildman–Crippen LogP) is 8.33. The van der Waals surface area contributed by atoms with Gasteiger partial charge in [0.1, 0.15) is 0 Å². The molecule has 0 radical (unpaired) electrons. The molecule has 47 heavy (non-hydrogen) atoms. The lowest BCUT2D eigenvalue weighted by Gasteiger charge is -2.14. The summed E-state index contributed by atoms with van der Waals surface area (Å²) in [6.07, 6.45) is 0. The van der Waals surface area contributed by atoms with Crippen molar-refractivity contribution < 1.29 is 19.2 Å². The van der Waals surface area contributed by atoms with E-state index >= 15 is 0 Å². The minimum atomic E-state index is -0.542. The zero-order valence-corrected chi connectivity index (χ0v) is 25.0. The summed E-state index contributed by atoms with van der Waals surface area (Å²) in [5, 5.41) is 5.86. The first kappa shape index (κ1) is 29.1. The number of hydrogen-bond acceptors (Lipinski definition) is 4. The van der Waals surface area contributed by atoms with E-state index in [0.29, 0.717) is 22.6 Å². The fourth-order valence-corrected chi connectivity index (χ4v) is 5.64. The molecule has 4 amide bonds. The molecule has 0 unspecified atom stereocenters. The van der Waals surface area contributed by atoms with Gasteiger partial charge in [-0.1, -0.05) is 91.0 Å². The number of carbonyl (C=O) groups excluding carboxylic acids is 4. The molecule has 0 aliphatic carbocycles. The second-order valence-electron chi connectivity index (χ2n) is 11.0. The summed E-state index contributed by atoms with van der Waals surface area (Å²) in [5.41, 5.74) is 6.37. The van der Waals surface area contributed by atoms with Crippen LogP contribution in [0.5, 0.6) is 0 Å². The Morgan fingerprint density at radius 1 is 0.447 bits per heavy atom. The van der Waals surface area contributed by atoms with Gasteiger partial charge in [0.05, 0.1) is 16.8 Å². The zero-order valence-electron chi connectivity index (χ0n) is 25.0. The van der Waals surface area contributed by atoms with Crippen molar-refractivity contribution in [1.82, 2.24) is 0 Å². The molecule has 1 aliphatic rings. The SMILES string of the molecule is O=C(Nc1cccc(-c2ccccc2)c1)c1ccc(N2C(=O)c3ccc(C(=O)Nc4ccccc4-c4ccccc4)cc3C2=O)cc1. The summed E-state index contributed by atoms with van der Waals surface area (Å²) in [6.45, 7) is 0. The first-order chi connectivity index (χ1) is 23.0. The van der Waals surface area contributed by atoms with Crippen molar-refractivity contribution in [3.05, 3.63) is 174 Å². The van der Waals surface area contributed by atoms with E-state index in [2.05, 4.69) is 10.6 Å². The van der Waals surface area contributed by atoms with E-state index in [4.69, 9.17) is 0 Å². The molecule has 0 atom stereocenters. The summed E-state index contributed by atoms with van der Waals surface area (Å²) in [7, 11) is 0. The second-order valence-corrected chi connectivity index (χ2v) is 11.0. The van der Waals surface area contributed by atoms with Crippen LogP contribution in [0, 0.1) is 0 Å². The topological polar surface area (TPSA) is 95.6 Å². The van der Waals surface area contributed by atoms with Crippen LogP contribution < -0.4 is 15.5 Å². The Kier molecular flexibility index (Phi) is 7.70. The van der Waals surface area contributed by atoms with E-state index in [9.17, 15) is 19.2 Å². The van der Waals surface area contributed by atoms with Crippen LogP contribution in [0.15, 0.2) is 152 Å². The van der Waals surface area contributed by atoms with E-state index in [1.807, 2.05) is 109 Å². The molecule has 226 valence electrons. The van der Waals surface area contributed by atoms with E-state index < -0.39 is 17.7 Å². The number of amides is 4. The van der Waals surface area contributed by atoms with Crippen molar-refractivity contribution in [3.63, 3.8) is 0 Å². The summed E-state index contributed by atoms with van der Waals surface area (Å²) in [5.74, 6) is -1.77. The highest BCUT2D eigenvalue weighted by molar-refractivity contribution is 6.35. The highest BCUT2D eigenvalue weighted by atomic mass is 16.2. The third kappa shape index (κ3) is 5.81. The number of hydrogen-bond donors (Lipinski definition) is 2. The molecule has 1 heterocycles. The molecule has 7 rings (SSSR count). The summed E-state index contributed by atoms with van der Waals surface area (Å²) >= 11 is 0. The molecule has 0 spiro atoms. The number of nitrogens with one attached hydrogen (secondary N) is 2. The maximum Gasteiger partial charge on any atom is 0.266 e. The average Bonchev–Trinajstić information content (AvgIpc) is 3.37. The summed E-state index contributed by atoms with van der Waals surface area (Å²) in [6, 6.07) is 45.3. The van der Waals surface area contributed by atoms with Crippen LogP contribution in [0.4, 0.5) is 17.1 Å². The minimum Gasteiger partial charge on any atom is -0.322 e. The first-order valence-corrected chi connectivity index (χ1v) is 15.0. The van der Waals surface area contributed by atoms with Crippen LogP contribution in [0.25, 0.3) is 22.3 Å². The van der Waals surface area contributed by atoms with Gasteiger partial charge in [0.25, 0.3) is 23.6 Å². The van der Waals surface area contributed by atoms with Crippen LogP contribution in [-0.2, 0) is 0 Å². The highest BCUT2D eigenvalue weighted by Gasteiger charge is 2.37. The molecular weight excluding hydrogens is 586 g/mol. The third-order valence-corrected chi connectivity index (χ3v) is 8.02. The van der Waals surface area contributed by atoms with Crippen molar-refractivity contribution in [2.75, 3.05) is 15.5 Å². The minimum absolute atomic E-state index is 0.138. The summed E-state index contributed by atoms with van der Waals surface area (Å²) < 4.78 is 0. The monoisotopic (exact) mass is 613 g/mol. The molecule has 0 saturated carbocycles. The molecule has 6 aromatic carbocycles.